The molecule has 0 aliphatic carbocycles. The van der Waals surface area contributed by atoms with E-state index in [0.717, 1.165) is 16.0 Å². The minimum absolute atomic E-state index is 0.00692. The fourth-order valence-electron chi connectivity index (χ4n) is 3.62. The Morgan fingerprint density at radius 3 is 2.42 bits per heavy atom. The zero-order chi connectivity index (χ0) is 27.4. The molecule has 0 atom stereocenters. The third-order valence-corrected chi connectivity index (χ3v) is 6.61. The predicted molar refractivity (Wildman–Crippen MR) is 147 cm³/mol. The van der Waals surface area contributed by atoms with Gasteiger partial charge in [0.15, 0.2) is 0 Å². The summed E-state index contributed by atoms with van der Waals surface area (Å²) in [7, 11) is 0. The second kappa shape index (κ2) is 11.6. The molecule has 12 heteroatoms. The SMILES string of the molecule is Cc1cccc(NC(=O)CN2C(=O)N/C(=C/c3cc(Br)c(OCc4ccc([N+](=O)[O-])cc4)c(Br)c3)C2=O)c1. The van der Waals surface area contributed by atoms with E-state index in [9.17, 15) is 24.5 Å². The average Bonchev–Trinajstić information content (AvgIpc) is 3.11. The van der Waals surface area contributed by atoms with E-state index in [1.807, 2.05) is 13.0 Å². The number of halogens is 2. The first-order chi connectivity index (χ1) is 18.1. The van der Waals surface area contributed by atoms with Crippen LogP contribution in [0.3, 0.4) is 0 Å². The number of hydrogen-bond acceptors (Lipinski definition) is 6. The quantitative estimate of drug-likeness (QED) is 0.143. The molecule has 0 radical (unpaired) electrons. The molecule has 1 saturated heterocycles. The van der Waals surface area contributed by atoms with Gasteiger partial charge in [-0.2, -0.15) is 0 Å². The van der Waals surface area contributed by atoms with Crippen molar-refractivity contribution in [3.05, 3.63) is 102 Å². The van der Waals surface area contributed by atoms with Crippen molar-refractivity contribution in [2.24, 2.45) is 0 Å². The number of hydrogen-bond donors (Lipinski definition) is 2. The second-order valence-corrected chi connectivity index (χ2v) is 10.0. The zero-order valence-electron chi connectivity index (χ0n) is 19.9. The van der Waals surface area contributed by atoms with E-state index in [1.54, 1.807) is 42.5 Å². The number of carbonyl (C=O) groups is 3. The third-order valence-electron chi connectivity index (χ3n) is 5.43. The van der Waals surface area contributed by atoms with Crippen LogP contribution in [0.5, 0.6) is 5.75 Å². The van der Waals surface area contributed by atoms with Crippen LogP contribution in [-0.4, -0.2) is 34.2 Å². The van der Waals surface area contributed by atoms with Crippen LogP contribution in [0.2, 0.25) is 0 Å². The van der Waals surface area contributed by atoms with E-state index in [0.29, 0.717) is 25.9 Å². The smallest absolute Gasteiger partial charge is 0.329 e. The minimum Gasteiger partial charge on any atom is -0.487 e. The zero-order valence-corrected chi connectivity index (χ0v) is 23.0. The van der Waals surface area contributed by atoms with E-state index < -0.39 is 29.3 Å². The van der Waals surface area contributed by atoms with E-state index >= 15 is 0 Å². The number of nitrogens with zero attached hydrogens (tertiary/aromatic N) is 2. The summed E-state index contributed by atoms with van der Waals surface area (Å²) in [5.74, 6) is -0.637. The fraction of sp³-hybridized carbons (Fsp3) is 0.115. The summed E-state index contributed by atoms with van der Waals surface area (Å²) in [4.78, 5) is 48.8. The van der Waals surface area contributed by atoms with Crippen molar-refractivity contribution in [2.45, 2.75) is 13.5 Å². The molecule has 10 nitrogen and oxygen atoms in total. The Kier molecular flexibility index (Phi) is 8.23. The van der Waals surface area contributed by atoms with Gasteiger partial charge in [0.2, 0.25) is 5.91 Å². The highest BCUT2D eigenvalue weighted by atomic mass is 79.9. The van der Waals surface area contributed by atoms with E-state index in [4.69, 9.17) is 4.74 Å². The van der Waals surface area contributed by atoms with Crippen molar-refractivity contribution < 1.29 is 24.0 Å². The standard InChI is InChI=1S/C26H20Br2N4O6/c1-15-3-2-4-18(9-15)29-23(33)13-31-25(34)22(30-26(31)35)12-17-10-20(27)24(21(28)11-17)38-14-16-5-7-19(8-6-16)32(36)37/h2-12H,13-14H2,1H3,(H,29,33)(H,30,35)/b22-12+. The van der Waals surface area contributed by atoms with Crippen LogP contribution in [-0.2, 0) is 16.2 Å². The van der Waals surface area contributed by atoms with Gasteiger partial charge >= 0.3 is 6.03 Å². The number of ether oxygens (including phenoxy) is 1. The summed E-state index contributed by atoms with van der Waals surface area (Å²) in [6.45, 7) is 1.63. The van der Waals surface area contributed by atoms with E-state index in [2.05, 4.69) is 42.5 Å². The maximum absolute atomic E-state index is 12.8. The van der Waals surface area contributed by atoms with Gasteiger partial charge in [0.1, 0.15) is 24.6 Å². The van der Waals surface area contributed by atoms with Crippen LogP contribution in [0.25, 0.3) is 6.08 Å². The molecule has 0 saturated carbocycles. The maximum atomic E-state index is 12.8. The summed E-state index contributed by atoms with van der Waals surface area (Å²) in [6, 6.07) is 15.9. The lowest BCUT2D eigenvalue weighted by molar-refractivity contribution is -0.384. The van der Waals surface area contributed by atoms with Gasteiger partial charge in [-0.3, -0.25) is 19.7 Å². The number of rotatable bonds is 8. The molecule has 4 rings (SSSR count). The van der Waals surface area contributed by atoms with Crippen LogP contribution in [0.4, 0.5) is 16.2 Å². The third kappa shape index (κ3) is 6.45. The number of nitro groups is 1. The molecular formula is C26H20Br2N4O6. The van der Waals surface area contributed by atoms with Crippen molar-refractivity contribution in [2.75, 3.05) is 11.9 Å². The van der Waals surface area contributed by atoms with Crippen molar-refractivity contribution in [3.63, 3.8) is 0 Å². The van der Waals surface area contributed by atoms with Gasteiger partial charge in [-0.1, -0.05) is 12.1 Å². The summed E-state index contributed by atoms with van der Waals surface area (Å²) >= 11 is 6.90. The molecule has 2 N–H and O–H groups in total. The molecule has 4 amide bonds. The molecule has 0 bridgehead atoms. The van der Waals surface area contributed by atoms with Gasteiger partial charge < -0.3 is 15.4 Å². The van der Waals surface area contributed by atoms with Crippen molar-refractivity contribution in [3.8, 4) is 5.75 Å². The van der Waals surface area contributed by atoms with E-state index in [1.165, 1.54) is 18.2 Å². The first kappa shape index (κ1) is 27.0. The number of carbonyl (C=O) groups excluding carboxylic acids is 3. The molecule has 3 aromatic carbocycles. The molecule has 0 unspecified atom stereocenters. The Bertz CT molecular complexity index is 1450. The van der Waals surface area contributed by atoms with Gasteiger partial charge in [-0.05, 0) is 97.9 Å². The summed E-state index contributed by atoms with van der Waals surface area (Å²) in [5.41, 5.74) is 2.88. The Hall–Kier alpha value is -4.03. The fourth-order valence-corrected chi connectivity index (χ4v) is 5.07. The van der Waals surface area contributed by atoms with Gasteiger partial charge in [-0.25, -0.2) is 9.69 Å². The Labute approximate surface area is 234 Å². The lowest BCUT2D eigenvalue weighted by Gasteiger charge is -2.12. The molecule has 1 heterocycles. The predicted octanol–water partition coefficient (Wildman–Crippen LogP) is 5.54. The average molecular weight is 644 g/mol. The summed E-state index contributed by atoms with van der Waals surface area (Å²) in [5, 5.41) is 16.0. The van der Waals surface area contributed by atoms with Gasteiger partial charge in [0.25, 0.3) is 11.6 Å². The number of imide groups is 1. The molecule has 1 fully saturated rings. The lowest BCUT2D eigenvalue weighted by Crippen LogP contribution is -2.38. The highest BCUT2D eigenvalue weighted by molar-refractivity contribution is 9.11. The van der Waals surface area contributed by atoms with Crippen LogP contribution >= 0.6 is 31.9 Å². The summed E-state index contributed by atoms with van der Waals surface area (Å²) < 4.78 is 7.01. The molecule has 0 spiro atoms. The Morgan fingerprint density at radius 1 is 1.11 bits per heavy atom. The normalized spacial score (nSPS) is 14.0. The molecule has 0 aromatic heterocycles. The highest BCUT2D eigenvalue weighted by Crippen LogP contribution is 2.36. The van der Waals surface area contributed by atoms with Crippen LogP contribution in [0.15, 0.2) is 75.3 Å². The topological polar surface area (TPSA) is 131 Å². The van der Waals surface area contributed by atoms with Gasteiger partial charge in [-0.15, -0.1) is 0 Å². The van der Waals surface area contributed by atoms with Gasteiger partial charge in [0.05, 0.1) is 13.9 Å². The first-order valence-electron chi connectivity index (χ1n) is 11.2. The monoisotopic (exact) mass is 642 g/mol. The largest absolute Gasteiger partial charge is 0.487 e. The minimum atomic E-state index is -0.693. The lowest BCUT2D eigenvalue weighted by atomic mass is 10.1. The summed E-state index contributed by atoms with van der Waals surface area (Å²) in [6.07, 6.45) is 1.49. The number of non-ortho nitro benzene ring substituents is 1. The van der Waals surface area contributed by atoms with Crippen LogP contribution in [0.1, 0.15) is 16.7 Å². The van der Waals surface area contributed by atoms with E-state index in [-0.39, 0.29) is 18.0 Å². The second-order valence-electron chi connectivity index (χ2n) is 8.32. The highest BCUT2D eigenvalue weighted by Gasteiger charge is 2.35. The van der Waals surface area contributed by atoms with Crippen molar-refractivity contribution in [1.29, 1.82) is 0 Å². The maximum Gasteiger partial charge on any atom is 0.329 e. The molecule has 1 aliphatic heterocycles. The number of anilines is 1. The Balaban J connectivity index is 1.42. The van der Waals surface area contributed by atoms with Crippen LogP contribution < -0.4 is 15.4 Å². The number of urea groups is 1. The molecule has 38 heavy (non-hydrogen) atoms. The van der Waals surface area contributed by atoms with Crippen molar-refractivity contribution in [1.82, 2.24) is 10.2 Å². The molecular weight excluding hydrogens is 624 g/mol. The van der Waals surface area contributed by atoms with Gasteiger partial charge in [0, 0.05) is 17.8 Å². The Morgan fingerprint density at radius 2 is 1.79 bits per heavy atom. The molecule has 3 aromatic rings. The van der Waals surface area contributed by atoms with Crippen molar-refractivity contribution >= 4 is 67.2 Å². The number of nitro benzene ring substituents is 1. The number of benzene rings is 3. The first-order valence-corrected chi connectivity index (χ1v) is 12.8. The molecule has 194 valence electrons. The van der Waals surface area contributed by atoms with Crippen LogP contribution in [0, 0.1) is 17.0 Å². The number of aryl methyl sites for hydroxylation is 1. The molecule has 1 aliphatic rings. The number of nitrogens with one attached hydrogen (secondary N) is 2. The number of amides is 4.